The van der Waals surface area contributed by atoms with Crippen LogP contribution in [0.1, 0.15) is 117 Å². The second-order valence-electron chi connectivity index (χ2n) is 16.8. The number of anilines is 2. The number of carbonyl (C=O) groups is 6. The third-order valence-electron chi connectivity index (χ3n) is 11.3. The molecule has 5 amide bonds. The number of hydrogen-bond acceptors (Lipinski definition) is 10. The van der Waals surface area contributed by atoms with Crippen molar-refractivity contribution in [1.82, 2.24) is 25.1 Å². The molecule has 1 saturated carbocycles. The Morgan fingerprint density at radius 3 is 2.10 bits per heavy atom. The molecule has 5 N–H and O–H groups in total. The number of piperazine rings is 1. The van der Waals surface area contributed by atoms with Crippen LogP contribution in [0, 0.1) is 5.41 Å². The maximum Gasteiger partial charge on any atom is 0.435 e. The maximum atomic E-state index is 14.1. The molecule has 3 aromatic rings. The monoisotopic (exact) mass is 866 g/mol. The van der Waals surface area contributed by atoms with Crippen LogP contribution < -0.4 is 21.8 Å². The lowest BCUT2D eigenvalue weighted by Crippen LogP contribution is -2.52. The van der Waals surface area contributed by atoms with E-state index in [0.717, 1.165) is 23.2 Å². The fourth-order valence-electron chi connectivity index (χ4n) is 8.08. The van der Waals surface area contributed by atoms with Gasteiger partial charge >= 0.3 is 18.4 Å². The number of nitrogens with one attached hydrogen (secondary N) is 3. The van der Waals surface area contributed by atoms with Crippen LogP contribution >= 0.6 is 0 Å². The smallest absolute Gasteiger partial charge is 0.435 e. The summed E-state index contributed by atoms with van der Waals surface area (Å²) in [5, 5.41) is 10.0. The molecule has 2 aliphatic carbocycles. The largest absolute Gasteiger partial charge is 0.446 e. The van der Waals surface area contributed by atoms with Gasteiger partial charge in [-0.3, -0.25) is 19.2 Å². The Hall–Kier alpha value is -6.14. The zero-order chi connectivity index (χ0) is 44.6. The molecule has 0 spiro atoms. The quantitative estimate of drug-likeness (QED) is 0.105. The third kappa shape index (κ3) is 11.8. The summed E-state index contributed by atoms with van der Waals surface area (Å²) in [4.78, 5) is 83.1. The van der Waals surface area contributed by atoms with Gasteiger partial charge in [-0.25, -0.2) is 14.3 Å². The van der Waals surface area contributed by atoms with Crippen LogP contribution in [0.25, 0.3) is 5.69 Å². The van der Waals surface area contributed by atoms with E-state index in [9.17, 15) is 41.9 Å². The third-order valence-corrected chi connectivity index (χ3v) is 11.3. The highest BCUT2D eigenvalue weighted by Gasteiger charge is 2.45. The summed E-state index contributed by atoms with van der Waals surface area (Å²) in [6, 6.07) is 13.4. The first-order valence-corrected chi connectivity index (χ1v) is 21.0. The van der Waals surface area contributed by atoms with Gasteiger partial charge in [-0.05, 0) is 80.7 Å². The number of rotatable bonds is 13. The van der Waals surface area contributed by atoms with Gasteiger partial charge in [0.15, 0.2) is 11.5 Å². The number of halogens is 3. The SMILES string of the molecule is CC1(C)CC(=O)c2c(C(F)(F)F)nn(-c3ccc(C(N)=O)c(N[C@H]4CC[C@H](OC(=O)N5CCN(C(=O)ONC(=O)CCCCCCC(=O)Nc6ccccc6)CC5)CC4)c3)c2C1. The zero-order valence-corrected chi connectivity index (χ0v) is 34.9. The number of Topliss-reactive ketones (excluding diaryl/α,β-unsaturated/α-hetero) is 1. The van der Waals surface area contributed by atoms with E-state index in [1.54, 1.807) is 0 Å². The number of para-hydroxylation sites is 1. The van der Waals surface area contributed by atoms with Crippen molar-refractivity contribution in [3.8, 4) is 5.69 Å². The van der Waals surface area contributed by atoms with Gasteiger partial charge in [0.25, 0.3) is 11.8 Å². The summed E-state index contributed by atoms with van der Waals surface area (Å²) < 4.78 is 49.1. The van der Waals surface area contributed by atoms with E-state index in [2.05, 4.69) is 21.2 Å². The van der Waals surface area contributed by atoms with Crippen molar-refractivity contribution in [3.05, 3.63) is 71.0 Å². The van der Waals surface area contributed by atoms with Crippen molar-refractivity contribution >= 4 is 47.1 Å². The fourth-order valence-corrected chi connectivity index (χ4v) is 8.08. The molecule has 1 saturated heterocycles. The lowest BCUT2D eigenvalue weighted by Gasteiger charge is -2.35. The molecule has 0 unspecified atom stereocenters. The molecule has 0 bridgehead atoms. The summed E-state index contributed by atoms with van der Waals surface area (Å²) in [5.41, 5.74) is 7.18. The van der Waals surface area contributed by atoms with Crippen molar-refractivity contribution in [2.45, 2.75) is 109 Å². The highest BCUT2D eigenvalue weighted by molar-refractivity contribution is 6.01. The predicted octanol–water partition coefficient (Wildman–Crippen LogP) is 6.77. The number of unbranched alkanes of at least 4 members (excludes halogenated alkanes) is 3. The molecule has 19 heteroatoms. The topological polar surface area (TPSA) is 207 Å². The van der Waals surface area contributed by atoms with Crippen molar-refractivity contribution in [2.24, 2.45) is 11.1 Å². The molecule has 2 heterocycles. The van der Waals surface area contributed by atoms with Crippen LogP contribution in [0.2, 0.25) is 0 Å². The summed E-state index contributed by atoms with van der Waals surface area (Å²) in [5.74, 6) is -1.86. The first-order chi connectivity index (χ1) is 29.5. The average molecular weight is 867 g/mol. The number of amides is 5. The molecule has 2 aromatic carbocycles. The lowest BCUT2D eigenvalue weighted by atomic mass is 9.75. The Morgan fingerprint density at radius 1 is 0.839 bits per heavy atom. The highest BCUT2D eigenvalue weighted by atomic mass is 19.4. The molecule has 16 nitrogen and oxygen atoms in total. The van der Waals surface area contributed by atoms with Gasteiger partial charge in [0.05, 0.1) is 22.5 Å². The standard InChI is InChI=1S/C43H53F3N8O8/c1-42(2)25-33-37(34(55)26-42)38(43(44,45)46)50-54(33)29-16-19-31(39(47)58)32(24-29)48-28-14-17-30(18-15-28)61-40(59)52-20-22-53(23-21-52)41(60)62-51-36(57)13-9-4-3-8-12-35(56)49-27-10-6-5-7-11-27/h5-7,10-11,16,19,24,28,30,48H,3-4,8-9,12-15,17-18,20-23,25-26H2,1-2H3,(H2,47,58)(H,49,56)(H,51,57)/t28-,30-. The number of nitrogens with two attached hydrogens (primary N) is 1. The molecule has 0 radical (unpaired) electrons. The Labute approximate surface area is 357 Å². The Morgan fingerprint density at radius 2 is 1.47 bits per heavy atom. The number of carbonyl (C=O) groups excluding carboxylic acids is 6. The molecule has 1 aromatic heterocycles. The molecule has 3 aliphatic rings. The number of benzene rings is 2. The fraction of sp³-hybridized carbons (Fsp3) is 0.512. The molecular formula is C43H53F3N8O8. The summed E-state index contributed by atoms with van der Waals surface area (Å²) in [6.07, 6.45) is -0.974. The first kappa shape index (κ1) is 45.4. The van der Waals surface area contributed by atoms with E-state index in [-0.39, 0.29) is 74.3 Å². The van der Waals surface area contributed by atoms with Gasteiger partial charge in [0.1, 0.15) is 6.10 Å². The Kier molecular flexibility index (Phi) is 14.4. The molecule has 0 atom stereocenters. The second kappa shape index (κ2) is 19.7. The summed E-state index contributed by atoms with van der Waals surface area (Å²) >= 11 is 0. The number of primary amides is 1. The minimum atomic E-state index is -4.85. The molecule has 62 heavy (non-hydrogen) atoms. The lowest BCUT2D eigenvalue weighted by molar-refractivity contribution is -0.141. The van der Waals surface area contributed by atoms with Crippen molar-refractivity contribution < 1.29 is 51.5 Å². The van der Waals surface area contributed by atoms with Crippen molar-refractivity contribution in [3.63, 3.8) is 0 Å². The van der Waals surface area contributed by atoms with Gasteiger partial charge in [0.2, 0.25) is 5.91 Å². The first-order valence-electron chi connectivity index (χ1n) is 21.0. The zero-order valence-electron chi connectivity index (χ0n) is 34.9. The van der Waals surface area contributed by atoms with Gasteiger partial charge in [-0.2, -0.15) is 23.8 Å². The average Bonchev–Trinajstić information content (AvgIpc) is 3.62. The Balaban J connectivity index is 0.906. The number of nitrogens with zero attached hydrogens (tertiary/aromatic N) is 4. The number of fused-ring (bicyclic) bond motifs is 1. The van der Waals surface area contributed by atoms with Crippen LogP contribution in [0.5, 0.6) is 0 Å². The van der Waals surface area contributed by atoms with Crippen molar-refractivity contribution in [2.75, 3.05) is 36.8 Å². The van der Waals surface area contributed by atoms with Gasteiger partial charge in [-0.1, -0.05) is 44.9 Å². The second-order valence-corrected chi connectivity index (χ2v) is 16.8. The molecule has 2 fully saturated rings. The highest BCUT2D eigenvalue weighted by Crippen LogP contribution is 2.42. The van der Waals surface area contributed by atoms with Crippen LogP contribution in [0.15, 0.2) is 48.5 Å². The van der Waals surface area contributed by atoms with E-state index in [4.69, 9.17) is 15.3 Å². The number of aromatic nitrogens is 2. The van der Waals surface area contributed by atoms with E-state index in [0.29, 0.717) is 50.6 Å². The Bertz CT molecular complexity index is 2130. The molecular weight excluding hydrogens is 814 g/mol. The maximum absolute atomic E-state index is 14.1. The number of alkyl halides is 3. The van der Waals surface area contributed by atoms with Gasteiger partial charge < -0.3 is 35.7 Å². The predicted molar refractivity (Wildman–Crippen MR) is 220 cm³/mol. The van der Waals surface area contributed by atoms with Crippen LogP contribution in [-0.2, 0) is 31.8 Å². The van der Waals surface area contributed by atoms with E-state index in [1.807, 2.05) is 44.2 Å². The van der Waals surface area contributed by atoms with Crippen LogP contribution in [0.3, 0.4) is 0 Å². The number of hydroxylamine groups is 1. The normalized spacial score (nSPS) is 18.6. The van der Waals surface area contributed by atoms with Gasteiger partial charge in [0, 0.05) is 62.9 Å². The number of ether oxygens (including phenoxy) is 1. The van der Waals surface area contributed by atoms with Crippen molar-refractivity contribution in [1.29, 1.82) is 0 Å². The van der Waals surface area contributed by atoms with Gasteiger partial charge in [-0.15, -0.1) is 0 Å². The van der Waals surface area contributed by atoms with E-state index < -0.39 is 58.7 Å². The summed E-state index contributed by atoms with van der Waals surface area (Å²) in [7, 11) is 0. The van der Waals surface area contributed by atoms with E-state index >= 15 is 0 Å². The van der Waals surface area contributed by atoms with Crippen LogP contribution in [-0.4, -0.2) is 93.6 Å². The summed E-state index contributed by atoms with van der Waals surface area (Å²) in [6.45, 7) is 4.36. The number of hydrogen-bond donors (Lipinski definition) is 4. The molecule has 6 rings (SSSR count). The van der Waals surface area contributed by atoms with E-state index in [1.165, 1.54) is 28.0 Å². The minimum Gasteiger partial charge on any atom is -0.446 e. The number of ketones is 1. The molecule has 1 aliphatic heterocycles. The molecule has 334 valence electrons. The van der Waals surface area contributed by atoms with Crippen LogP contribution in [0.4, 0.5) is 34.1 Å². The minimum absolute atomic E-state index is 0.0418.